The minimum Gasteiger partial charge on any atom is -0.506 e. The molecule has 3 heteroatoms. The van der Waals surface area contributed by atoms with Gasteiger partial charge in [0.15, 0.2) is 0 Å². The van der Waals surface area contributed by atoms with E-state index in [4.69, 9.17) is 3.79 Å². The lowest BCUT2D eigenvalue weighted by atomic mass is 10.3. The van der Waals surface area contributed by atoms with Gasteiger partial charge in [0, 0.05) is 13.0 Å². The van der Waals surface area contributed by atoms with Crippen LogP contribution in [0.4, 0.5) is 0 Å². The van der Waals surface area contributed by atoms with E-state index >= 15 is 0 Å². The average molecular weight is 116 g/mol. The van der Waals surface area contributed by atoms with Crippen LogP contribution in [0, 0.1) is 0 Å². The Morgan fingerprint density at radius 3 is 2.57 bits per heavy atom. The SMILES string of the molecule is CC(=O)CC[O][AlH2]. The van der Waals surface area contributed by atoms with Gasteiger partial charge < -0.3 is 3.79 Å². The van der Waals surface area contributed by atoms with Crippen molar-refractivity contribution in [3.05, 3.63) is 0 Å². The van der Waals surface area contributed by atoms with E-state index in [2.05, 4.69) is 0 Å². The summed E-state index contributed by atoms with van der Waals surface area (Å²) in [5.41, 5.74) is 0. The predicted molar refractivity (Wildman–Crippen MR) is 29.8 cm³/mol. The van der Waals surface area contributed by atoms with E-state index in [-0.39, 0.29) is 5.78 Å². The molecular formula is C4H9AlO2. The molecule has 0 amide bonds. The van der Waals surface area contributed by atoms with Crippen molar-refractivity contribution in [2.24, 2.45) is 0 Å². The lowest BCUT2D eigenvalue weighted by molar-refractivity contribution is -0.117. The van der Waals surface area contributed by atoms with Gasteiger partial charge in [-0.2, -0.15) is 0 Å². The highest BCUT2D eigenvalue weighted by atomic mass is 27.1. The molecule has 0 unspecified atom stereocenters. The van der Waals surface area contributed by atoms with Gasteiger partial charge in [0.05, 0.1) is 0 Å². The van der Waals surface area contributed by atoms with E-state index in [0.717, 1.165) is 16.6 Å². The van der Waals surface area contributed by atoms with Gasteiger partial charge in [-0.15, -0.1) is 0 Å². The summed E-state index contributed by atoms with van der Waals surface area (Å²) in [5, 5.41) is 0. The van der Waals surface area contributed by atoms with E-state index in [1.807, 2.05) is 0 Å². The van der Waals surface area contributed by atoms with Crippen molar-refractivity contribution in [3.63, 3.8) is 0 Å². The molecule has 0 aliphatic heterocycles. The van der Waals surface area contributed by atoms with Crippen LogP contribution in [0.3, 0.4) is 0 Å². The van der Waals surface area contributed by atoms with Crippen molar-refractivity contribution >= 4 is 22.4 Å². The van der Waals surface area contributed by atoms with Gasteiger partial charge in [-0.3, -0.25) is 4.79 Å². The number of rotatable bonds is 3. The standard InChI is InChI=1S/C4H7O2.Al.2H/c1-4(6)2-3-5;;;/h2-3H2,1H3;;;/q-1;+1;;. The summed E-state index contributed by atoms with van der Waals surface area (Å²) in [6, 6.07) is 0. The number of hydrogen-bond acceptors (Lipinski definition) is 2. The molecule has 2 nitrogen and oxygen atoms in total. The van der Waals surface area contributed by atoms with Crippen LogP contribution in [0.2, 0.25) is 0 Å². The zero-order valence-electron chi connectivity index (χ0n) is 4.73. The summed E-state index contributed by atoms with van der Waals surface area (Å²) in [6.07, 6.45) is 0.573. The second-order valence-electron chi connectivity index (χ2n) is 1.44. The first-order chi connectivity index (χ1) is 3.27. The Bertz CT molecular complexity index is 62.7. The summed E-state index contributed by atoms with van der Waals surface area (Å²) in [4.78, 5) is 10.1. The highest BCUT2D eigenvalue weighted by Gasteiger charge is 1.87. The Morgan fingerprint density at radius 1 is 1.86 bits per heavy atom. The van der Waals surface area contributed by atoms with Crippen LogP contribution < -0.4 is 0 Å². The van der Waals surface area contributed by atoms with Crippen LogP contribution in [0.15, 0.2) is 0 Å². The summed E-state index contributed by atoms with van der Waals surface area (Å²) >= 11 is 0.742. The van der Waals surface area contributed by atoms with Gasteiger partial charge >= 0.3 is 16.6 Å². The maximum Gasteiger partial charge on any atom is 0.410 e. The smallest absolute Gasteiger partial charge is 0.410 e. The maximum absolute atomic E-state index is 10.1. The Balaban J connectivity index is 2.82. The molecule has 7 heavy (non-hydrogen) atoms. The molecule has 0 aromatic carbocycles. The third-order valence-corrected chi connectivity index (χ3v) is 1.07. The molecular weight excluding hydrogens is 107 g/mol. The molecule has 0 saturated carbocycles. The first kappa shape index (κ1) is 7.16. The van der Waals surface area contributed by atoms with Crippen molar-refractivity contribution in [3.8, 4) is 0 Å². The summed E-state index contributed by atoms with van der Waals surface area (Å²) in [5.74, 6) is 0.204. The second kappa shape index (κ2) is 4.32. The molecule has 0 aliphatic rings. The Hall–Kier alpha value is 0.162. The Morgan fingerprint density at radius 2 is 2.43 bits per heavy atom. The van der Waals surface area contributed by atoms with Crippen LogP contribution >= 0.6 is 0 Å². The van der Waals surface area contributed by atoms with Crippen molar-refractivity contribution < 1.29 is 8.58 Å². The van der Waals surface area contributed by atoms with E-state index in [1.54, 1.807) is 6.92 Å². The van der Waals surface area contributed by atoms with Gasteiger partial charge in [-0.25, -0.2) is 0 Å². The van der Waals surface area contributed by atoms with Gasteiger partial charge in [0.2, 0.25) is 0 Å². The highest BCUT2D eigenvalue weighted by Crippen LogP contribution is 1.78. The fourth-order valence-corrected chi connectivity index (χ4v) is 0.450. The van der Waals surface area contributed by atoms with Crippen LogP contribution in [0.25, 0.3) is 0 Å². The maximum atomic E-state index is 10.1. The molecule has 0 rings (SSSR count). The number of ketones is 1. The van der Waals surface area contributed by atoms with Gasteiger partial charge in [0.25, 0.3) is 0 Å². The van der Waals surface area contributed by atoms with Gasteiger partial charge in [-0.1, -0.05) is 0 Å². The van der Waals surface area contributed by atoms with Crippen molar-refractivity contribution in [1.29, 1.82) is 0 Å². The Labute approximate surface area is 51.6 Å². The van der Waals surface area contributed by atoms with Crippen LogP contribution in [-0.4, -0.2) is 29.0 Å². The minimum atomic E-state index is 0.204. The summed E-state index contributed by atoms with van der Waals surface area (Å²) in [7, 11) is 0. The monoisotopic (exact) mass is 116 g/mol. The Kier molecular flexibility index (Phi) is 4.43. The highest BCUT2D eigenvalue weighted by molar-refractivity contribution is 5.98. The topological polar surface area (TPSA) is 26.3 Å². The third kappa shape index (κ3) is 6.16. The van der Waals surface area contributed by atoms with Gasteiger partial charge in [0.1, 0.15) is 5.78 Å². The zero-order valence-corrected chi connectivity index (χ0v) is 6.73. The van der Waals surface area contributed by atoms with E-state index in [1.165, 1.54) is 0 Å². The van der Waals surface area contributed by atoms with Gasteiger partial charge in [-0.05, 0) is 6.92 Å². The molecule has 40 valence electrons. The van der Waals surface area contributed by atoms with E-state index in [0.29, 0.717) is 13.0 Å². The summed E-state index contributed by atoms with van der Waals surface area (Å²) in [6.45, 7) is 2.18. The molecule has 0 radical (unpaired) electrons. The largest absolute Gasteiger partial charge is 0.506 e. The predicted octanol–water partition coefficient (Wildman–Crippen LogP) is -0.470. The molecule has 0 aliphatic carbocycles. The molecule has 0 N–H and O–H groups in total. The van der Waals surface area contributed by atoms with Crippen molar-refractivity contribution in [2.45, 2.75) is 13.3 Å². The van der Waals surface area contributed by atoms with E-state index in [9.17, 15) is 4.79 Å². The lowest BCUT2D eigenvalue weighted by Gasteiger charge is -1.91. The molecule has 0 aromatic heterocycles. The van der Waals surface area contributed by atoms with Crippen LogP contribution in [0.1, 0.15) is 13.3 Å². The zero-order chi connectivity index (χ0) is 5.70. The first-order valence-corrected chi connectivity index (χ1v) is 3.07. The fraction of sp³-hybridized carbons (Fsp3) is 0.750. The van der Waals surface area contributed by atoms with Crippen LogP contribution in [-0.2, 0) is 8.58 Å². The molecule has 0 bridgehead atoms. The second-order valence-corrected chi connectivity index (χ2v) is 2.02. The molecule has 0 saturated heterocycles. The normalized spacial score (nSPS) is 8.71. The molecule has 0 aromatic rings. The molecule has 0 fully saturated rings. The van der Waals surface area contributed by atoms with Crippen molar-refractivity contribution in [2.75, 3.05) is 6.61 Å². The third-order valence-electron chi connectivity index (χ3n) is 0.658. The number of hydrogen-bond donors (Lipinski definition) is 0. The quantitative estimate of drug-likeness (QED) is 0.466. The van der Waals surface area contributed by atoms with E-state index < -0.39 is 0 Å². The minimum absolute atomic E-state index is 0.204. The number of carbonyl (C=O) groups is 1. The number of carbonyl (C=O) groups excluding carboxylic acids is 1. The fourth-order valence-electron chi connectivity index (χ4n) is 0.246. The lowest BCUT2D eigenvalue weighted by Crippen LogP contribution is -1.96. The molecule has 0 atom stereocenters. The molecule has 0 heterocycles. The summed E-state index contributed by atoms with van der Waals surface area (Å²) < 4.78 is 4.77. The number of Topliss-reactive ketones (excluding diaryl/α,β-unsaturated/α-hetero) is 1. The van der Waals surface area contributed by atoms with Crippen LogP contribution in [0.5, 0.6) is 0 Å². The van der Waals surface area contributed by atoms with Crippen molar-refractivity contribution in [1.82, 2.24) is 0 Å². The first-order valence-electron chi connectivity index (χ1n) is 2.25. The molecule has 0 spiro atoms. The average Bonchev–Trinajstić information content (AvgIpc) is 1.61.